The lowest BCUT2D eigenvalue weighted by molar-refractivity contribution is -0.375. The van der Waals surface area contributed by atoms with Crippen molar-refractivity contribution in [1.82, 2.24) is 0 Å². The molecule has 0 aromatic carbocycles. The Hall–Kier alpha value is -0.650. The van der Waals surface area contributed by atoms with Gasteiger partial charge in [0.05, 0.1) is 7.11 Å². The first-order valence-corrected chi connectivity index (χ1v) is 10.7. The zero-order valence-electron chi connectivity index (χ0n) is 15.7. The van der Waals surface area contributed by atoms with Crippen molar-refractivity contribution in [3.8, 4) is 0 Å². The van der Waals surface area contributed by atoms with Gasteiger partial charge in [-0.25, -0.2) is 0 Å². The average molecular weight is 362 g/mol. The van der Waals surface area contributed by atoms with E-state index in [9.17, 15) is 4.79 Å². The van der Waals surface area contributed by atoms with Gasteiger partial charge in [0, 0.05) is 31.1 Å². The summed E-state index contributed by atoms with van der Waals surface area (Å²) in [6.45, 7) is 0. The summed E-state index contributed by atoms with van der Waals surface area (Å²) in [5.41, 5.74) is 0.661. The average Bonchev–Trinajstić information content (AvgIpc) is 3.23. The van der Waals surface area contributed by atoms with Gasteiger partial charge in [0.2, 0.25) is 11.6 Å². The van der Waals surface area contributed by atoms with Crippen molar-refractivity contribution in [3.05, 3.63) is 0 Å². The number of rotatable bonds is 3. The van der Waals surface area contributed by atoms with Crippen LogP contribution in [0, 0.1) is 35.0 Å². The monoisotopic (exact) mass is 362 g/mol. The first-order valence-electron chi connectivity index (χ1n) is 10.7. The molecular weight excluding hydrogens is 332 g/mol. The highest BCUT2D eigenvalue weighted by Crippen LogP contribution is 2.79. The van der Waals surface area contributed by atoms with Gasteiger partial charge in [-0.15, -0.1) is 0 Å². The molecule has 3 bridgehead atoms. The van der Waals surface area contributed by atoms with E-state index in [4.69, 9.17) is 19.2 Å². The van der Waals surface area contributed by atoms with Crippen LogP contribution < -0.4 is 0 Å². The molecule has 0 N–H and O–H groups in total. The third-order valence-corrected chi connectivity index (χ3v) is 9.24. The molecular formula is C21H30O5. The molecule has 0 aromatic rings. The molecule has 1 aliphatic heterocycles. The fraction of sp³-hybridized carbons (Fsp3) is 0.952. The maximum absolute atomic E-state index is 11.4. The zero-order chi connectivity index (χ0) is 17.6. The first kappa shape index (κ1) is 16.3. The van der Waals surface area contributed by atoms with Crippen LogP contribution in [0.2, 0.25) is 0 Å². The van der Waals surface area contributed by atoms with E-state index >= 15 is 0 Å². The summed E-state index contributed by atoms with van der Waals surface area (Å²) >= 11 is 0. The van der Waals surface area contributed by atoms with Crippen LogP contribution in [-0.2, 0) is 24.0 Å². The molecule has 6 aliphatic rings. The van der Waals surface area contributed by atoms with Gasteiger partial charge in [0.25, 0.3) is 0 Å². The second-order valence-corrected chi connectivity index (χ2v) is 10.1. The standard InChI is InChI=1S/C21H30O5/c1-23-18(22)3-2-13-4-6-20(7-5-13)24-21(26-25-20)16-9-14-8-15-10-17(21)12-19(14,15)11-16/h13-17H,2-12H2,1H3. The van der Waals surface area contributed by atoms with Crippen LogP contribution in [0.15, 0.2) is 0 Å². The molecule has 3 spiro atoms. The van der Waals surface area contributed by atoms with Gasteiger partial charge in [-0.1, -0.05) is 0 Å². The highest BCUT2D eigenvalue weighted by molar-refractivity contribution is 5.69. The minimum absolute atomic E-state index is 0.104. The number of fused-ring (bicyclic) bond motifs is 4. The van der Waals surface area contributed by atoms with Crippen LogP contribution in [-0.4, -0.2) is 24.7 Å². The van der Waals surface area contributed by atoms with Crippen molar-refractivity contribution in [2.75, 3.05) is 7.11 Å². The summed E-state index contributed by atoms with van der Waals surface area (Å²) in [7, 11) is 1.46. The number of carbonyl (C=O) groups is 1. The fourth-order valence-electron chi connectivity index (χ4n) is 7.90. The topological polar surface area (TPSA) is 54.0 Å². The number of ether oxygens (including phenoxy) is 2. The van der Waals surface area contributed by atoms with E-state index in [1.807, 2.05) is 0 Å². The molecule has 0 radical (unpaired) electrons. The molecule has 5 heteroatoms. The quantitative estimate of drug-likeness (QED) is 0.562. The van der Waals surface area contributed by atoms with Crippen LogP contribution in [0.4, 0.5) is 0 Å². The molecule has 0 amide bonds. The van der Waals surface area contributed by atoms with Gasteiger partial charge in [0.1, 0.15) is 0 Å². The Kier molecular flexibility index (Phi) is 3.29. The van der Waals surface area contributed by atoms with E-state index in [1.165, 1.54) is 39.2 Å². The Morgan fingerprint density at radius 1 is 1.00 bits per heavy atom. The normalized spacial score (nSPS) is 56.1. The SMILES string of the molecule is COC(=O)CCC1CCC2(CC1)OOC1(O2)C2CC3CC4CC1CC34C2. The zero-order valence-corrected chi connectivity index (χ0v) is 15.7. The minimum atomic E-state index is -0.531. The molecule has 4 atom stereocenters. The molecule has 5 nitrogen and oxygen atoms in total. The van der Waals surface area contributed by atoms with Crippen LogP contribution in [0.1, 0.15) is 70.6 Å². The number of carbonyl (C=O) groups excluding carboxylic acids is 1. The lowest BCUT2D eigenvalue weighted by Gasteiger charge is -2.49. The van der Waals surface area contributed by atoms with E-state index in [0.29, 0.717) is 29.6 Å². The Labute approximate surface area is 155 Å². The van der Waals surface area contributed by atoms with Crippen molar-refractivity contribution in [1.29, 1.82) is 0 Å². The number of methoxy groups -OCH3 is 1. The van der Waals surface area contributed by atoms with Gasteiger partial charge < -0.3 is 9.47 Å². The van der Waals surface area contributed by atoms with E-state index in [1.54, 1.807) is 0 Å². The van der Waals surface area contributed by atoms with E-state index in [2.05, 4.69) is 0 Å². The number of hydrogen-bond acceptors (Lipinski definition) is 5. The second kappa shape index (κ2) is 5.24. The maximum Gasteiger partial charge on any atom is 0.305 e. The third-order valence-electron chi connectivity index (χ3n) is 9.24. The Balaban J connectivity index is 1.14. The highest BCUT2D eigenvalue weighted by atomic mass is 17.3. The summed E-state index contributed by atoms with van der Waals surface area (Å²) in [6, 6.07) is 0. The maximum atomic E-state index is 11.4. The molecule has 1 saturated heterocycles. The van der Waals surface area contributed by atoms with Crippen LogP contribution in [0.3, 0.4) is 0 Å². The fourth-order valence-corrected chi connectivity index (χ4v) is 7.90. The summed E-state index contributed by atoms with van der Waals surface area (Å²) in [5, 5.41) is 0. The van der Waals surface area contributed by atoms with Crippen molar-refractivity contribution in [3.63, 3.8) is 0 Å². The molecule has 6 rings (SSSR count). The Morgan fingerprint density at radius 2 is 1.65 bits per heavy atom. The molecule has 5 saturated carbocycles. The predicted molar refractivity (Wildman–Crippen MR) is 91.4 cm³/mol. The van der Waals surface area contributed by atoms with Gasteiger partial charge in [-0.3, -0.25) is 4.79 Å². The molecule has 144 valence electrons. The summed E-state index contributed by atoms with van der Waals surface area (Å²) in [4.78, 5) is 23.6. The van der Waals surface area contributed by atoms with E-state index < -0.39 is 11.6 Å². The largest absolute Gasteiger partial charge is 0.469 e. The summed E-state index contributed by atoms with van der Waals surface area (Å²) in [5.74, 6) is 2.41. The smallest absolute Gasteiger partial charge is 0.305 e. The Bertz CT molecular complexity index is 598. The predicted octanol–water partition coefficient (Wildman–Crippen LogP) is 3.96. The van der Waals surface area contributed by atoms with Crippen LogP contribution in [0.25, 0.3) is 0 Å². The number of hydrogen-bond donors (Lipinski definition) is 0. The minimum Gasteiger partial charge on any atom is -0.469 e. The van der Waals surface area contributed by atoms with Gasteiger partial charge in [0.15, 0.2) is 0 Å². The molecule has 0 aromatic heterocycles. The van der Waals surface area contributed by atoms with Crippen molar-refractivity contribution < 1.29 is 24.0 Å². The van der Waals surface area contributed by atoms with Crippen LogP contribution >= 0.6 is 0 Å². The van der Waals surface area contributed by atoms with Gasteiger partial charge in [-0.2, -0.15) is 9.78 Å². The lowest BCUT2D eigenvalue weighted by atomic mass is 9.56. The Morgan fingerprint density at radius 3 is 2.31 bits per heavy atom. The lowest BCUT2D eigenvalue weighted by Crippen LogP contribution is -2.50. The molecule has 26 heavy (non-hydrogen) atoms. The molecule has 6 fully saturated rings. The van der Waals surface area contributed by atoms with E-state index in [0.717, 1.165) is 43.9 Å². The van der Waals surface area contributed by atoms with Gasteiger partial charge in [-0.05, 0) is 74.5 Å². The van der Waals surface area contributed by atoms with E-state index in [-0.39, 0.29) is 5.97 Å². The molecule has 1 heterocycles. The van der Waals surface area contributed by atoms with Crippen LogP contribution in [0.5, 0.6) is 0 Å². The highest BCUT2D eigenvalue weighted by Gasteiger charge is 2.77. The molecule has 5 aliphatic carbocycles. The van der Waals surface area contributed by atoms with Gasteiger partial charge >= 0.3 is 5.97 Å². The first-order chi connectivity index (χ1) is 12.6. The molecule has 4 unspecified atom stereocenters. The summed E-state index contributed by atoms with van der Waals surface area (Å²) in [6.07, 6.45) is 11.9. The van der Waals surface area contributed by atoms with Crippen molar-refractivity contribution >= 4 is 5.97 Å². The number of esters is 1. The second-order valence-electron chi connectivity index (χ2n) is 10.1. The van der Waals surface area contributed by atoms with Crippen molar-refractivity contribution in [2.24, 2.45) is 35.0 Å². The summed E-state index contributed by atoms with van der Waals surface area (Å²) < 4.78 is 11.6. The third kappa shape index (κ3) is 1.95. The van der Waals surface area contributed by atoms with Crippen molar-refractivity contribution in [2.45, 2.75) is 82.2 Å².